The van der Waals surface area contributed by atoms with Gasteiger partial charge in [-0.2, -0.15) is 0 Å². The van der Waals surface area contributed by atoms with Crippen molar-refractivity contribution in [2.75, 3.05) is 0 Å². The first-order chi connectivity index (χ1) is 3.13. The maximum absolute atomic E-state index is 10.0. The fourth-order valence-corrected chi connectivity index (χ4v) is 0.294. The van der Waals surface area contributed by atoms with Gasteiger partial charge in [0.25, 0.3) is 0 Å². The Balaban J connectivity index is 0. The second kappa shape index (κ2) is 4.88. The number of hydrogen-bond acceptors (Lipinski definition) is 2. The van der Waals surface area contributed by atoms with E-state index in [9.17, 15) is 4.79 Å². The van der Waals surface area contributed by atoms with Crippen molar-refractivity contribution in [2.45, 2.75) is 13.8 Å². The molecule has 0 spiro atoms. The zero-order valence-corrected chi connectivity index (χ0v) is 5.89. The number of carbonyl (C=O) groups is 1. The molecule has 2 nitrogen and oxygen atoms in total. The van der Waals surface area contributed by atoms with Crippen LogP contribution in [-0.2, 0) is 21.9 Å². The zero-order valence-electron chi connectivity index (χ0n) is 4.79. The van der Waals surface area contributed by atoms with Crippen LogP contribution in [0.5, 0.6) is 0 Å². The Labute approximate surface area is 59.1 Å². The average Bonchev–Trinajstić information content (AvgIpc) is 1.27. The SMILES string of the molecule is CC(=O)/C=C(\C)O.[Fe]. The number of allylic oxidation sites excluding steroid dienone is 2. The molecule has 0 amide bonds. The van der Waals surface area contributed by atoms with Crippen LogP contribution in [0.2, 0.25) is 0 Å². The van der Waals surface area contributed by atoms with Crippen molar-refractivity contribution in [3.8, 4) is 0 Å². The van der Waals surface area contributed by atoms with E-state index in [0.717, 1.165) is 0 Å². The summed E-state index contributed by atoms with van der Waals surface area (Å²) in [4.78, 5) is 10.0. The maximum atomic E-state index is 10.0. The van der Waals surface area contributed by atoms with Gasteiger partial charge in [0.1, 0.15) is 0 Å². The van der Waals surface area contributed by atoms with Crippen molar-refractivity contribution < 1.29 is 27.0 Å². The Morgan fingerprint density at radius 2 is 1.88 bits per heavy atom. The van der Waals surface area contributed by atoms with Crippen LogP contribution in [0.25, 0.3) is 0 Å². The summed E-state index contributed by atoms with van der Waals surface area (Å²) < 4.78 is 0. The molecule has 0 aromatic carbocycles. The van der Waals surface area contributed by atoms with Gasteiger partial charge in [-0.1, -0.05) is 0 Å². The first kappa shape index (κ1) is 10.7. The van der Waals surface area contributed by atoms with E-state index in [1.807, 2.05) is 0 Å². The average molecular weight is 156 g/mol. The van der Waals surface area contributed by atoms with Crippen LogP contribution in [-0.4, -0.2) is 10.9 Å². The van der Waals surface area contributed by atoms with Crippen LogP contribution in [0.15, 0.2) is 11.8 Å². The largest absolute Gasteiger partial charge is 0.512 e. The smallest absolute Gasteiger partial charge is 0.155 e. The molecular weight excluding hydrogens is 148 g/mol. The summed E-state index contributed by atoms with van der Waals surface area (Å²) in [7, 11) is 0. The van der Waals surface area contributed by atoms with E-state index < -0.39 is 0 Å². The summed E-state index contributed by atoms with van der Waals surface area (Å²) in [5, 5.41) is 8.36. The fraction of sp³-hybridized carbons (Fsp3) is 0.400. The molecule has 0 aliphatic rings. The van der Waals surface area contributed by atoms with Crippen LogP contribution < -0.4 is 0 Å². The summed E-state index contributed by atoms with van der Waals surface area (Å²) in [6, 6.07) is 0. The van der Waals surface area contributed by atoms with Crippen molar-refractivity contribution in [1.29, 1.82) is 0 Å². The molecule has 0 unspecified atom stereocenters. The number of aliphatic hydroxyl groups excluding tert-OH is 1. The van der Waals surface area contributed by atoms with Crippen LogP contribution >= 0.6 is 0 Å². The molecule has 0 atom stereocenters. The molecule has 0 saturated carbocycles. The van der Waals surface area contributed by atoms with Gasteiger partial charge in [0.2, 0.25) is 0 Å². The molecule has 0 aromatic heterocycles. The Hall–Kier alpha value is -0.271. The van der Waals surface area contributed by atoms with Gasteiger partial charge in [-0.25, -0.2) is 0 Å². The van der Waals surface area contributed by atoms with Crippen molar-refractivity contribution in [2.24, 2.45) is 0 Å². The molecule has 1 N–H and O–H groups in total. The zero-order chi connectivity index (χ0) is 5.86. The van der Waals surface area contributed by atoms with Gasteiger partial charge in [-0.05, 0) is 13.8 Å². The van der Waals surface area contributed by atoms with E-state index in [2.05, 4.69) is 0 Å². The van der Waals surface area contributed by atoms with Gasteiger partial charge in [-0.15, -0.1) is 0 Å². The first-order valence-corrected chi connectivity index (χ1v) is 2.01. The molecule has 0 fully saturated rings. The van der Waals surface area contributed by atoms with Gasteiger partial charge >= 0.3 is 0 Å². The molecular formula is C5H8FeO2. The van der Waals surface area contributed by atoms with E-state index in [-0.39, 0.29) is 28.6 Å². The molecule has 0 radical (unpaired) electrons. The molecule has 0 aliphatic carbocycles. The Kier molecular flexibility index (Phi) is 6.50. The minimum atomic E-state index is -0.125. The predicted octanol–water partition coefficient (Wildman–Crippen LogP) is 1.03. The first-order valence-electron chi connectivity index (χ1n) is 2.01. The van der Waals surface area contributed by atoms with E-state index in [1.165, 1.54) is 19.9 Å². The van der Waals surface area contributed by atoms with Crippen LogP contribution in [0.1, 0.15) is 13.8 Å². The summed E-state index contributed by atoms with van der Waals surface area (Å²) in [6.07, 6.45) is 1.17. The Morgan fingerprint density at radius 3 is 1.88 bits per heavy atom. The van der Waals surface area contributed by atoms with Gasteiger partial charge in [0.15, 0.2) is 5.78 Å². The molecule has 3 heteroatoms. The molecule has 0 heterocycles. The van der Waals surface area contributed by atoms with E-state index in [4.69, 9.17) is 5.11 Å². The molecule has 0 bridgehead atoms. The van der Waals surface area contributed by atoms with Gasteiger partial charge in [-0.3, -0.25) is 4.79 Å². The van der Waals surface area contributed by atoms with Gasteiger partial charge < -0.3 is 5.11 Å². The molecule has 48 valence electrons. The number of carbonyl (C=O) groups excluding carboxylic acids is 1. The minimum absolute atomic E-state index is 0. The van der Waals surface area contributed by atoms with Crippen LogP contribution in [0.4, 0.5) is 0 Å². The maximum Gasteiger partial charge on any atom is 0.155 e. The molecule has 0 aliphatic heterocycles. The molecule has 0 rings (SSSR count). The number of rotatable bonds is 1. The quantitative estimate of drug-likeness (QED) is 0.349. The number of ketones is 1. The van der Waals surface area contributed by atoms with E-state index >= 15 is 0 Å². The van der Waals surface area contributed by atoms with Gasteiger partial charge in [0, 0.05) is 23.1 Å². The van der Waals surface area contributed by atoms with Gasteiger partial charge in [0.05, 0.1) is 5.76 Å². The predicted molar refractivity (Wildman–Crippen MR) is 27.1 cm³/mol. The number of hydrogen-bond donors (Lipinski definition) is 1. The van der Waals surface area contributed by atoms with Crippen molar-refractivity contribution in [1.82, 2.24) is 0 Å². The fourth-order valence-electron chi connectivity index (χ4n) is 0.294. The topological polar surface area (TPSA) is 37.3 Å². The molecule has 0 aromatic rings. The summed E-state index contributed by atoms with van der Waals surface area (Å²) in [5.74, 6) is -0.0625. The third-order valence-electron chi connectivity index (χ3n) is 0.412. The monoisotopic (exact) mass is 156 g/mol. The van der Waals surface area contributed by atoms with Crippen molar-refractivity contribution in [3.05, 3.63) is 11.8 Å². The van der Waals surface area contributed by atoms with E-state index in [0.29, 0.717) is 0 Å². The van der Waals surface area contributed by atoms with Crippen molar-refractivity contribution in [3.63, 3.8) is 0 Å². The Morgan fingerprint density at radius 1 is 1.50 bits per heavy atom. The second-order valence-corrected chi connectivity index (χ2v) is 1.40. The molecule has 8 heavy (non-hydrogen) atoms. The summed E-state index contributed by atoms with van der Waals surface area (Å²) in [5.41, 5.74) is 0. The second-order valence-electron chi connectivity index (χ2n) is 1.40. The minimum Gasteiger partial charge on any atom is -0.512 e. The van der Waals surface area contributed by atoms with E-state index in [1.54, 1.807) is 0 Å². The normalized spacial score (nSPS) is 10.0. The number of aliphatic hydroxyl groups is 1. The standard InChI is InChI=1S/C5H8O2.Fe/c1-4(6)3-5(2)7;/h3,6H,1-2H3;/b4-3+;. The van der Waals surface area contributed by atoms with Crippen LogP contribution in [0.3, 0.4) is 0 Å². The Bertz CT molecular complexity index is 103. The third-order valence-corrected chi connectivity index (χ3v) is 0.412. The third kappa shape index (κ3) is 9.21. The van der Waals surface area contributed by atoms with Crippen LogP contribution in [0, 0.1) is 0 Å². The van der Waals surface area contributed by atoms with Crippen molar-refractivity contribution >= 4 is 5.78 Å². The molecule has 0 saturated heterocycles. The summed E-state index contributed by atoms with van der Waals surface area (Å²) >= 11 is 0. The summed E-state index contributed by atoms with van der Waals surface area (Å²) in [6.45, 7) is 2.85.